The van der Waals surface area contributed by atoms with Crippen LogP contribution in [0.25, 0.3) is 0 Å². The summed E-state index contributed by atoms with van der Waals surface area (Å²) in [4.78, 5) is 5.36. The van der Waals surface area contributed by atoms with Gasteiger partial charge in [-0.05, 0) is 25.7 Å². The van der Waals surface area contributed by atoms with Crippen molar-refractivity contribution in [3.05, 3.63) is 12.4 Å². The first kappa shape index (κ1) is 40.4. The van der Waals surface area contributed by atoms with Gasteiger partial charge in [0.25, 0.3) is 0 Å². The molecule has 0 aromatic rings. The standard InChI is InChI=1S/C41H82N2/c1-4-7-10-12-14-16-18-20-21-22-23-25-27-29-31-33-35-38-43-40-39-42(37-9-6-3)41(43)36-34-32-30-28-26-24-19-17-15-13-11-8-5-2/h39-41H,4-38H2,1-3H3. The van der Waals surface area contributed by atoms with E-state index in [9.17, 15) is 0 Å². The number of hydrogen-bond donors (Lipinski definition) is 0. The second-order valence-electron chi connectivity index (χ2n) is 14.3. The van der Waals surface area contributed by atoms with E-state index in [4.69, 9.17) is 0 Å². The van der Waals surface area contributed by atoms with Crippen LogP contribution in [0.1, 0.15) is 233 Å². The molecule has 1 rings (SSSR count). The van der Waals surface area contributed by atoms with Gasteiger partial charge in [0.2, 0.25) is 0 Å². The van der Waals surface area contributed by atoms with Crippen LogP contribution in [0, 0.1) is 0 Å². The zero-order valence-electron chi connectivity index (χ0n) is 30.4. The summed E-state index contributed by atoms with van der Waals surface area (Å²) < 4.78 is 0. The van der Waals surface area contributed by atoms with Crippen LogP contribution in [0.15, 0.2) is 12.4 Å². The third kappa shape index (κ3) is 25.2. The summed E-state index contributed by atoms with van der Waals surface area (Å²) in [5, 5.41) is 0. The molecule has 1 aliphatic rings. The molecule has 0 aromatic heterocycles. The Morgan fingerprint density at radius 2 is 0.558 bits per heavy atom. The maximum atomic E-state index is 2.70. The summed E-state index contributed by atoms with van der Waals surface area (Å²) in [6.07, 6.45) is 53.0. The molecule has 0 aliphatic carbocycles. The van der Waals surface area contributed by atoms with Gasteiger partial charge in [-0.3, -0.25) is 0 Å². The second kappa shape index (κ2) is 32.7. The molecule has 0 spiro atoms. The van der Waals surface area contributed by atoms with Crippen molar-refractivity contribution in [2.45, 2.75) is 239 Å². The maximum absolute atomic E-state index is 2.70. The molecule has 0 aromatic carbocycles. The van der Waals surface area contributed by atoms with Crippen molar-refractivity contribution in [3.63, 3.8) is 0 Å². The molecule has 0 saturated heterocycles. The fourth-order valence-corrected chi connectivity index (χ4v) is 7.04. The van der Waals surface area contributed by atoms with Crippen LogP contribution in [-0.2, 0) is 0 Å². The van der Waals surface area contributed by atoms with Gasteiger partial charge in [-0.1, -0.05) is 207 Å². The highest BCUT2D eigenvalue weighted by atomic mass is 15.4. The summed E-state index contributed by atoms with van der Waals surface area (Å²) in [6, 6.07) is 0. The lowest BCUT2D eigenvalue weighted by atomic mass is 10.0. The van der Waals surface area contributed by atoms with Crippen molar-refractivity contribution in [3.8, 4) is 0 Å². The Kier molecular flexibility index (Phi) is 30.7. The molecule has 0 bridgehead atoms. The second-order valence-corrected chi connectivity index (χ2v) is 14.3. The fraction of sp³-hybridized carbons (Fsp3) is 0.951. The van der Waals surface area contributed by atoms with Crippen molar-refractivity contribution in [1.29, 1.82) is 0 Å². The molecule has 43 heavy (non-hydrogen) atoms. The van der Waals surface area contributed by atoms with Crippen molar-refractivity contribution in [2.75, 3.05) is 13.1 Å². The van der Waals surface area contributed by atoms with Crippen LogP contribution in [0.2, 0.25) is 0 Å². The van der Waals surface area contributed by atoms with E-state index in [1.165, 1.54) is 225 Å². The van der Waals surface area contributed by atoms with Crippen molar-refractivity contribution < 1.29 is 0 Å². The molecule has 0 saturated carbocycles. The van der Waals surface area contributed by atoms with Gasteiger partial charge in [-0.15, -0.1) is 0 Å². The lowest BCUT2D eigenvalue weighted by molar-refractivity contribution is 0.136. The quantitative estimate of drug-likeness (QED) is 0.0666. The average molecular weight is 603 g/mol. The highest BCUT2D eigenvalue weighted by Crippen LogP contribution is 2.24. The third-order valence-corrected chi connectivity index (χ3v) is 10.1. The van der Waals surface area contributed by atoms with E-state index >= 15 is 0 Å². The summed E-state index contributed by atoms with van der Waals surface area (Å²) in [5.74, 6) is 0. The highest BCUT2D eigenvalue weighted by molar-refractivity contribution is 4.96. The van der Waals surface area contributed by atoms with Crippen LogP contribution in [0.3, 0.4) is 0 Å². The van der Waals surface area contributed by atoms with Crippen LogP contribution in [0.4, 0.5) is 0 Å². The average Bonchev–Trinajstić information content (AvgIpc) is 3.40. The summed E-state index contributed by atoms with van der Waals surface area (Å²) in [7, 11) is 0. The molecule has 1 heterocycles. The lowest BCUT2D eigenvalue weighted by Gasteiger charge is -2.33. The van der Waals surface area contributed by atoms with E-state index in [1.54, 1.807) is 0 Å². The minimum Gasteiger partial charge on any atom is -0.356 e. The van der Waals surface area contributed by atoms with Gasteiger partial charge in [-0.2, -0.15) is 0 Å². The molecule has 256 valence electrons. The molecule has 1 unspecified atom stereocenters. The monoisotopic (exact) mass is 603 g/mol. The molecule has 0 N–H and O–H groups in total. The minimum atomic E-state index is 0.639. The molecule has 0 radical (unpaired) electrons. The Balaban J connectivity index is 2.00. The Labute approximate surface area is 273 Å². The van der Waals surface area contributed by atoms with Crippen LogP contribution < -0.4 is 0 Å². The smallest absolute Gasteiger partial charge is 0.101 e. The summed E-state index contributed by atoms with van der Waals surface area (Å²) in [5.41, 5.74) is 0. The fourth-order valence-electron chi connectivity index (χ4n) is 7.04. The zero-order valence-corrected chi connectivity index (χ0v) is 30.4. The maximum Gasteiger partial charge on any atom is 0.101 e. The minimum absolute atomic E-state index is 0.639. The van der Waals surface area contributed by atoms with Crippen molar-refractivity contribution in [2.24, 2.45) is 0 Å². The number of unbranched alkanes of at least 4 members (excludes halogenated alkanes) is 29. The lowest BCUT2D eigenvalue weighted by Crippen LogP contribution is -2.39. The molecule has 2 heteroatoms. The highest BCUT2D eigenvalue weighted by Gasteiger charge is 2.24. The summed E-state index contributed by atoms with van der Waals surface area (Å²) in [6.45, 7) is 9.46. The Morgan fingerprint density at radius 1 is 0.302 bits per heavy atom. The van der Waals surface area contributed by atoms with Gasteiger partial charge < -0.3 is 9.80 Å². The molecule has 2 nitrogen and oxygen atoms in total. The van der Waals surface area contributed by atoms with E-state index in [0.717, 1.165) is 0 Å². The SMILES string of the molecule is CCCCCCCCCCCCCCCCCCCN1C=CN(CCCC)C1CCCCCCCCCCCCCCC. The van der Waals surface area contributed by atoms with Crippen molar-refractivity contribution >= 4 is 0 Å². The Hall–Kier alpha value is -0.660. The van der Waals surface area contributed by atoms with Crippen LogP contribution in [-0.4, -0.2) is 29.1 Å². The zero-order chi connectivity index (χ0) is 30.9. The van der Waals surface area contributed by atoms with Crippen molar-refractivity contribution in [1.82, 2.24) is 9.80 Å². The van der Waals surface area contributed by atoms with Gasteiger partial charge in [0.15, 0.2) is 0 Å². The Morgan fingerprint density at radius 3 is 0.884 bits per heavy atom. The van der Waals surface area contributed by atoms with Crippen LogP contribution >= 0.6 is 0 Å². The topological polar surface area (TPSA) is 6.48 Å². The van der Waals surface area contributed by atoms with E-state index in [0.29, 0.717) is 6.17 Å². The third-order valence-electron chi connectivity index (χ3n) is 10.1. The first-order chi connectivity index (χ1) is 21.3. The van der Waals surface area contributed by atoms with Gasteiger partial charge in [0, 0.05) is 25.5 Å². The van der Waals surface area contributed by atoms with Gasteiger partial charge in [-0.25, -0.2) is 0 Å². The number of nitrogens with zero attached hydrogens (tertiary/aromatic N) is 2. The van der Waals surface area contributed by atoms with E-state index in [2.05, 4.69) is 43.0 Å². The summed E-state index contributed by atoms with van der Waals surface area (Å²) >= 11 is 0. The number of rotatable bonds is 35. The van der Waals surface area contributed by atoms with Gasteiger partial charge in [0.1, 0.15) is 6.17 Å². The molecular weight excluding hydrogens is 520 g/mol. The first-order valence-corrected chi connectivity index (χ1v) is 20.5. The first-order valence-electron chi connectivity index (χ1n) is 20.5. The predicted octanol–water partition coefficient (Wildman–Crippen LogP) is 14.3. The van der Waals surface area contributed by atoms with Crippen LogP contribution in [0.5, 0.6) is 0 Å². The Bertz CT molecular complexity index is 558. The predicted molar refractivity (Wildman–Crippen MR) is 196 cm³/mol. The van der Waals surface area contributed by atoms with E-state index in [-0.39, 0.29) is 0 Å². The molecular formula is C41H82N2. The molecule has 0 amide bonds. The normalized spacial score (nSPS) is 14.9. The molecule has 1 aliphatic heterocycles. The van der Waals surface area contributed by atoms with Gasteiger partial charge >= 0.3 is 0 Å². The van der Waals surface area contributed by atoms with E-state index < -0.39 is 0 Å². The van der Waals surface area contributed by atoms with Gasteiger partial charge in [0.05, 0.1) is 0 Å². The molecule has 1 atom stereocenters. The molecule has 0 fully saturated rings. The van der Waals surface area contributed by atoms with E-state index in [1.807, 2.05) is 0 Å². The number of hydrogen-bond acceptors (Lipinski definition) is 2. The largest absolute Gasteiger partial charge is 0.356 e.